The molecule has 0 spiro atoms. The Labute approximate surface area is 98.7 Å². The Kier molecular flexibility index (Phi) is 4.40. The van der Waals surface area contributed by atoms with Crippen molar-refractivity contribution in [3.8, 4) is 0 Å². The van der Waals surface area contributed by atoms with Crippen molar-refractivity contribution in [3.05, 3.63) is 29.8 Å². The van der Waals surface area contributed by atoms with Gasteiger partial charge in [-0.3, -0.25) is 0 Å². The van der Waals surface area contributed by atoms with Gasteiger partial charge in [-0.15, -0.1) is 0 Å². The van der Waals surface area contributed by atoms with Gasteiger partial charge in [-0.25, -0.2) is 0 Å². The smallest absolute Gasteiger partial charge is 0.388 e. The summed E-state index contributed by atoms with van der Waals surface area (Å²) in [5, 5.41) is 9.55. The van der Waals surface area contributed by atoms with Gasteiger partial charge in [0.05, 0.1) is 6.10 Å². The molecule has 0 bridgehead atoms. The normalized spacial score (nSPS) is 13.5. The van der Waals surface area contributed by atoms with Crippen LogP contribution in [0, 0.1) is 0 Å². The second-order valence-corrected chi connectivity index (χ2v) is 3.99. The lowest BCUT2D eigenvalue weighted by molar-refractivity contribution is -0.119. The number of benzene rings is 1. The van der Waals surface area contributed by atoms with E-state index in [4.69, 9.17) is 0 Å². The van der Waals surface area contributed by atoms with Crippen molar-refractivity contribution in [1.82, 2.24) is 0 Å². The summed E-state index contributed by atoms with van der Waals surface area (Å²) in [6, 6.07) is 6.46. The second kappa shape index (κ2) is 5.40. The van der Waals surface area contributed by atoms with Gasteiger partial charge in [-0.2, -0.15) is 13.2 Å². The molecule has 0 heterocycles. The van der Waals surface area contributed by atoms with E-state index >= 15 is 0 Å². The Bertz CT molecular complexity index is 348. The number of hydrogen-bond donors (Lipinski definition) is 1. The molecule has 0 saturated carbocycles. The molecule has 0 saturated heterocycles. The molecule has 96 valence electrons. The molecule has 17 heavy (non-hydrogen) atoms. The van der Waals surface area contributed by atoms with Crippen molar-refractivity contribution < 1.29 is 18.3 Å². The fourth-order valence-corrected chi connectivity index (χ4v) is 1.55. The molecule has 0 aliphatic carbocycles. The van der Waals surface area contributed by atoms with Crippen LogP contribution >= 0.6 is 0 Å². The summed E-state index contributed by atoms with van der Waals surface area (Å²) < 4.78 is 36.5. The first-order valence-corrected chi connectivity index (χ1v) is 5.39. The fraction of sp³-hybridized carbons (Fsp3) is 0.500. The van der Waals surface area contributed by atoms with E-state index in [1.165, 1.54) is 7.05 Å². The maximum absolute atomic E-state index is 12.2. The summed E-state index contributed by atoms with van der Waals surface area (Å²) in [6.07, 6.45) is -4.19. The highest BCUT2D eigenvalue weighted by Crippen LogP contribution is 2.23. The molecule has 0 radical (unpaired) electrons. The van der Waals surface area contributed by atoms with Crippen LogP contribution in [0.15, 0.2) is 24.3 Å². The number of hydrogen-bond acceptors (Lipinski definition) is 2. The lowest BCUT2D eigenvalue weighted by atomic mass is 10.1. The zero-order chi connectivity index (χ0) is 13.1. The average Bonchev–Trinajstić information content (AvgIpc) is 2.26. The second-order valence-electron chi connectivity index (χ2n) is 3.99. The van der Waals surface area contributed by atoms with Crippen LogP contribution < -0.4 is 4.90 Å². The van der Waals surface area contributed by atoms with Gasteiger partial charge in [0, 0.05) is 12.7 Å². The maximum atomic E-state index is 12.2. The van der Waals surface area contributed by atoms with Crippen LogP contribution in [-0.4, -0.2) is 24.9 Å². The van der Waals surface area contributed by atoms with Crippen LogP contribution in [0.2, 0.25) is 0 Å². The van der Waals surface area contributed by atoms with Crippen molar-refractivity contribution >= 4 is 5.69 Å². The van der Waals surface area contributed by atoms with Crippen molar-refractivity contribution in [1.29, 1.82) is 0 Å². The highest BCUT2D eigenvalue weighted by Gasteiger charge is 2.29. The molecule has 0 fully saturated rings. The lowest BCUT2D eigenvalue weighted by Gasteiger charge is -2.21. The Morgan fingerprint density at radius 1 is 1.24 bits per heavy atom. The van der Waals surface area contributed by atoms with E-state index < -0.39 is 18.8 Å². The van der Waals surface area contributed by atoms with Gasteiger partial charge in [0.15, 0.2) is 0 Å². The molecule has 2 nitrogen and oxygen atoms in total. The Morgan fingerprint density at radius 2 is 1.76 bits per heavy atom. The zero-order valence-electron chi connectivity index (χ0n) is 9.83. The number of nitrogens with zero attached hydrogens (tertiary/aromatic N) is 1. The number of aliphatic hydroxyl groups excluding tert-OH is 1. The van der Waals surface area contributed by atoms with Crippen LogP contribution in [0.25, 0.3) is 0 Å². The van der Waals surface area contributed by atoms with Crippen molar-refractivity contribution in [3.63, 3.8) is 0 Å². The van der Waals surface area contributed by atoms with Crippen LogP contribution in [0.3, 0.4) is 0 Å². The molecule has 1 N–H and O–H groups in total. The number of alkyl halides is 3. The largest absolute Gasteiger partial charge is 0.405 e. The molecule has 1 aromatic rings. The zero-order valence-corrected chi connectivity index (χ0v) is 9.83. The molecule has 1 atom stereocenters. The molecule has 0 aromatic heterocycles. The first-order chi connectivity index (χ1) is 7.83. The lowest BCUT2D eigenvalue weighted by Crippen LogP contribution is -2.30. The Hall–Kier alpha value is -1.23. The third-order valence-corrected chi connectivity index (χ3v) is 2.52. The third-order valence-electron chi connectivity index (χ3n) is 2.52. The minimum Gasteiger partial charge on any atom is -0.388 e. The first kappa shape index (κ1) is 13.8. The van der Waals surface area contributed by atoms with Crippen LogP contribution in [-0.2, 0) is 0 Å². The summed E-state index contributed by atoms with van der Waals surface area (Å²) in [5.74, 6) is 0. The molecule has 1 aromatic carbocycles. The fourth-order valence-electron chi connectivity index (χ4n) is 1.55. The van der Waals surface area contributed by atoms with Crippen molar-refractivity contribution in [2.75, 3.05) is 18.5 Å². The highest BCUT2D eigenvalue weighted by atomic mass is 19.4. The van der Waals surface area contributed by atoms with Crippen LogP contribution in [0.4, 0.5) is 18.9 Å². The molecule has 0 aliphatic heterocycles. The third kappa shape index (κ3) is 4.26. The van der Waals surface area contributed by atoms with Gasteiger partial charge in [0.1, 0.15) is 6.54 Å². The summed E-state index contributed by atoms with van der Waals surface area (Å²) in [7, 11) is 1.39. The number of aliphatic hydroxyl groups is 1. The van der Waals surface area contributed by atoms with E-state index in [2.05, 4.69) is 0 Å². The van der Waals surface area contributed by atoms with Crippen LogP contribution in [0.5, 0.6) is 0 Å². The summed E-state index contributed by atoms with van der Waals surface area (Å²) >= 11 is 0. The minimum atomic E-state index is -4.21. The molecular formula is C12H16F3NO. The number of halogens is 3. The summed E-state index contributed by atoms with van der Waals surface area (Å²) in [4.78, 5) is 1.13. The van der Waals surface area contributed by atoms with E-state index in [1.807, 2.05) is 6.92 Å². The highest BCUT2D eigenvalue weighted by molar-refractivity contribution is 5.47. The first-order valence-electron chi connectivity index (χ1n) is 5.39. The SMILES string of the molecule is CC[C@@H](O)c1ccc(N(C)CC(F)(F)F)cc1. The average molecular weight is 247 g/mol. The molecule has 0 unspecified atom stereocenters. The van der Waals surface area contributed by atoms with E-state index in [9.17, 15) is 18.3 Å². The Morgan fingerprint density at radius 3 is 2.18 bits per heavy atom. The van der Waals surface area contributed by atoms with Gasteiger partial charge in [0.25, 0.3) is 0 Å². The molecule has 0 amide bonds. The standard InChI is InChI=1S/C12H16F3NO/c1-3-11(17)9-4-6-10(7-5-9)16(2)8-12(13,14)15/h4-7,11,17H,3,8H2,1-2H3/t11-/m1/s1. The predicted octanol–water partition coefficient (Wildman–Crippen LogP) is 3.13. The van der Waals surface area contributed by atoms with Crippen molar-refractivity contribution in [2.24, 2.45) is 0 Å². The minimum absolute atomic E-state index is 0.481. The molecule has 1 rings (SSSR count). The monoisotopic (exact) mass is 247 g/mol. The van der Waals surface area contributed by atoms with Crippen molar-refractivity contribution in [2.45, 2.75) is 25.6 Å². The van der Waals surface area contributed by atoms with Gasteiger partial charge in [0.2, 0.25) is 0 Å². The maximum Gasteiger partial charge on any atom is 0.405 e. The van der Waals surface area contributed by atoms with E-state index in [0.29, 0.717) is 12.1 Å². The van der Waals surface area contributed by atoms with E-state index in [-0.39, 0.29) is 0 Å². The number of rotatable bonds is 4. The summed E-state index contributed by atoms with van der Waals surface area (Å²) in [6.45, 7) is 0.858. The van der Waals surface area contributed by atoms with Gasteiger partial charge in [-0.1, -0.05) is 19.1 Å². The molecular weight excluding hydrogens is 231 g/mol. The molecule has 0 aliphatic rings. The summed E-state index contributed by atoms with van der Waals surface area (Å²) in [5.41, 5.74) is 1.20. The van der Waals surface area contributed by atoms with Gasteiger partial charge < -0.3 is 10.0 Å². The topological polar surface area (TPSA) is 23.5 Å². The van der Waals surface area contributed by atoms with E-state index in [0.717, 1.165) is 10.5 Å². The van der Waals surface area contributed by atoms with E-state index in [1.54, 1.807) is 24.3 Å². The van der Waals surface area contributed by atoms with Gasteiger partial charge in [-0.05, 0) is 24.1 Å². The quantitative estimate of drug-likeness (QED) is 0.883. The Balaban J connectivity index is 2.74. The van der Waals surface area contributed by atoms with Gasteiger partial charge >= 0.3 is 6.18 Å². The molecule has 5 heteroatoms. The number of anilines is 1. The van der Waals surface area contributed by atoms with Crippen LogP contribution in [0.1, 0.15) is 25.0 Å². The predicted molar refractivity (Wildman–Crippen MR) is 61.0 cm³/mol.